The third-order valence-corrected chi connectivity index (χ3v) is 4.09. The number of amides is 1. The molecule has 0 aliphatic carbocycles. The molecule has 6 nitrogen and oxygen atoms in total. The molecule has 25 heavy (non-hydrogen) atoms. The number of H-pyrrole nitrogens is 1. The van der Waals surface area contributed by atoms with Gasteiger partial charge < -0.3 is 15.2 Å². The van der Waals surface area contributed by atoms with E-state index in [1.807, 2.05) is 32.0 Å². The molecular formula is C19H19N3O3. The van der Waals surface area contributed by atoms with Gasteiger partial charge in [-0.1, -0.05) is 44.2 Å². The number of aromatic amines is 1. The third-order valence-electron chi connectivity index (χ3n) is 4.09. The van der Waals surface area contributed by atoms with E-state index in [1.54, 1.807) is 30.3 Å². The maximum atomic E-state index is 12.6. The molecule has 0 aliphatic rings. The number of nitrogens with zero attached hydrogens (tertiary/aromatic N) is 2. The van der Waals surface area contributed by atoms with Crippen molar-refractivity contribution >= 4 is 22.5 Å². The molecule has 2 aromatic carbocycles. The van der Waals surface area contributed by atoms with Gasteiger partial charge in [0.25, 0.3) is 5.91 Å². The Morgan fingerprint density at radius 2 is 1.72 bits per heavy atom. The van der Waals surface area contributed by atoms with Gasteiger partial charge in [0.05, 0.1) is 11.4 Å². The van der Waals surface area contributed by atoms with Gasteiger partial charge in [-0.25, -0.2) is 0 Å². The molecule has 0 bridgehead atoms. The molecule has 0 radical (unpaired) electrons. The fraction of sp³-hybridized carbons (Fsp3) is 0.211. The first-order chi connectivity index (χ1) is 12.0. The number of carbonyl (C=O) groups is 1. The van der Waals surface area contributed by atoms with E-state index in [2.05, 4.69) is 15.2 Å². The highest BCUT2D eigenvalue weighted by atomic mass is 16.3. The van der Waals surface area contributed by atoms with Crippen LogP contribution in [0.3, 0.4) is 0 Å². The number of fused-ring (bicyclic) bond motifs is 1. The van der Waals surface area contributed by atoms with E-state index in [0.717, 1.165) is 11.1 Å². The van der Waals surface area contributed by atoms with Crippen LogP contribution in [0.25, 0.3) is 10.9 Å². The minimum absolute atomic E-state index is 0.00700. The fourth-order valence-corrected chi connectivity index (χ4v) is 2.87. The topological polar surface area (TPSA) is 98.0 Å². The van der Waals surface area contributed by atoms with Crippen LogP contribution >= 0.6 is 0 Å². The van der Waals surface area contributed by atoms with E-state index < -0.39 is 11.8 Å². The fourth-order valence-electron chi connectivity index (χ4n) is 2.87. The van der Waals surface area contributed by atoms with Crippen LogP contribution in [0.2, 0.25) is 0 Å². The van der Waals surface area contributed by atoms with Gasteiger partial charge >= 0.3 is 0 Å². The zero-order valence-electron chi connectivity index (χ0n) is 14.0. The maximum absolute atomic E-state index is 12.6. The zero-order valence-corrected chi connectivity index (χ0v) is 14.0. The first-order valence-corrected chi connectivity index (χ1v) is 8.01. The Kier molecular flexibility index (Phi) is 4.52. The lowest BCUT2D eigenvalue weighted by molar-refractivity contribution is -0.120. The number of para-hydroxylation sites is 1. The van der Waals surface area contributed by atoms with Crippen LogP contribution in [0.15, 0.2) is 58.8 Å². The lowest BCUT2D eigenvalue weighted by atomic mass is 9.88. The molecule has 3 aromatic rings. The second-order valence-electron chi connectivity index (χ2n) is 6.22. The number of phenols is 1. The number of carbonyl (C=O) groups excluding carboxylic acids is 1. The molecule has 6 heteroatoms. The largest absolute Gasteiger partial charge is 0.508 e. The Morgan fingerprint density at radius 1 is 1.04 bits per heavy atom. The summed E-state index contributed by atoms with van der Waals surface area (Å²) in [6, 6.07) is 13.8. The van der Waals surface area contributed by atoms with E-state index in [0.29, 0.717) is 5.39 Å². The lowest BCUT2D eigenvalue weighted by Crippen LogP contribution is -2.16. The number of rotatable bonds is 4. The molecular weight excluding hydrogens is 318 g/mol. The summed E-state index contributed by atoms with van der Waals surface area (Å²) < 4.78 is 0. The highest BCUT2D eigenvalue weighted by molar-refractivity contribution is 5.94. The molecule has 0 saturated heterocycles. The second-order valence-corrected chi connectivity index (χ2v) is 6.22. The van der Waals surface area contributed by atoms with E-state index in [9.17, 15) is 15.0 Å². The van der Waals surface area contributed by atoms with Crippen molar-refractivity contribution in [3.8, 4) is 11.6 Å². The molecule has 1 heterocycles. The zero-order chi connectivity index (χ0) is 18.0. The van der Waals surface area contributed by atoms with Crippen LogP contribution < -0.4 is 0 Å². The van der Waals surface area contributed by atoms with Gasteiger partial charge in [-0.2, -0.15) is 0 Å². The summed E-state index contributed by atoms with van der Waals surface area (Å²) in [5, 5.41) is 27.9. The number of benzene rings is 2. The van der Waals surface area contributed by atoms with Crippen molar-refractivity contribution in [3.63, 3.8) is 0 Å². The van der Waals surface area contributed by atoms with Crippen molar-refractivity contribution < 1.29 is 15.0 Å². The third kappa shape index (κ3) is 3.38. The average Bonchev–Trinajstić information content (AvgIpc) is 2.90. The molecule has 1 atom stereocenters. The SMILES string of the molecule is CC(C)C(C(=O)N=Nc1c(O)[nH]c2ccccc12)c1ccc(O)cc1. The highest BCUT2D eigenvalue weighted by Gasteiger charge is 2.24. The van der Waals surface area contributed by atoms with E-state index in [-0.39, 0.29) is 23.2 Å². The number of azo groups is 1. The summed E-state index contributed by atoms with van der Waals surface area (Å²) in [5.41, 5.74) is 1.73. The number of hydrogen-bond donors (Lipinski definition) is 3. The van der Waals surface area contributed by atoms with Gasteiger partial charge in [-0.15, -0.1) is 10.2 Å². The average molecular weight is 337 g/mol. The van der Waals surface area contributed by atoms with Crippen molar-refractivity contribution in [3.05, 3.63) is 54.1 Å². The minimum Gasteiger partial charge on any atom is -0.508 e. The standard InChI is InChI=1S/C19H19N3O3/c1-11(2)16(12-7-9-13(23)10-8-12)18(24)22-21-17-14-5-3-4-6-15(14)20-19(17)25/h3-11,16,20,23,25H,1-2H3. The van der Waals surface area contributed by atoms with Crippen LogP contribution in [-0.2, 0) is 4.79 Å². The van der Waals surface area contributed by atoms with Crippen molar-refractivity contribution in [1.82, 2.24) is 4.98 Å². The Labute approximate surface area is 144 Å². The van der Waals surface area contributed by atoms with Crippen LogP contribution in [0, 0.1) is 5.92 Å². The smallest absolute Gasteiger partial charge is 0.272 e. The number of hydrogen-bond acceptors (Lipinski definition) is 4. The molecule has 3 N–H and O–H groups in total. The summed E-state index contributed by atoms with van der Waals surface area (Å²) >= 11 is 0. The van der Waals surface area contributed by atoms with Crippen LogP contribution in [0.5, 0.6) is 11.6 Å². The minimum atomic E-state index is -0.475. The van der Waals surface area contributed by atoms with Crippen molar-refractivity contribution in [2.45, 2.75) is 19.8 Å². The van der Waals surface area contributed by atoms with E-state index in [4.69, 9.17) is 0 Å². The number of nitrogens with one attached hydrogen (secondary N) is 1. The predicted octanol–water partition coefficient (Wildman–Crippen LogP) is 4.63. The van der Waals surface area contributed by atoms with E-state index in [1.165, 1.54) is 0 Å². The highest BCUT2D eigenvalue weighted by Crippen LogP contribution is 2.36. The Balaban J connectivity index is 1.91. The number of aromatic hydroxyl groups is 2. The Bertz CT molecular complexity index is 927. The maximum Gasteiger partial charge on any atom is 0.272 e. The van der Waals surface area contributed by atoms with Crippen molar-refractivity contribution in [2.75, 3.05) is 0 Å². The summed E-state index contributed by atoms with van der Waals surface area (Å²) in [5.74, 6) is -0.845. The number of phenolic OH excluding ortho intramolecular Hbond substituents is 1. The van der Waals surface area contributed by atoms with Gasteiger partial charge in [0.15, 0.2) is 5.69 Å². The molecule has 1 aromatic heterocycles. The van der Waals surface area contributed by atoms with Gasteiger partial charge in [0, 0.05) is 5.39 Å². The Hall–Kier alpha value is -3.15. The summed E-state index contributed by atoms with van der Waals surface area (Å²) in [4.78, 5) is 15.4. The van der Waals surface area contributed by atoms with Gasteiger partial charge in [0.2, 0.25) is 5.88 Å². The van der Waals surface area contributed by atoms with Gasteiger partial charge in [-0.3, -0.25) is 4.79 Å². The monoisotopic (exact) mass is 337 g/mol. The summed E-state index contributed by atoms with van der Waals surface area (Å²) in [6.07, 6.45) is 0. The molecule has 3 rings (SSSR count). The summed E-state index contributed by atoms with van der Waals surface area (Å²) in [7, 11) is 0. The van der Waals surface area contributed by atoms with Gasteiger partial charge in [0.1, 0.15) is 5.75 Å². The van der Waals surface area contributed by atoms with E-state index >= 15 is 0 Å². The van der Waals surface area contributed by atoms with Crippen molar-refractivity contribution in [1.29, 1.82) is 0 Å². The quantitative estimate of drug-likeness (QED) is 0.605. The molecule has 0 spiro atoms. The normalized spacial score (nSPS) is 12.9. The molecule has 0 saturated carbocycles. The van der Waals surface area contributed by atoms with Gasteiger partial charge in [-0.05, 0) is 29.7 Å². The molecule has 1 amide bonds. The number of aromatic nitrogens is 1. The van der Waals surface area contributed by atoms with Crippen LogP contribution in [-0.4, -0.2) is 21.1 Å². The molecule has 0 fully saturated rings. The van der Waals surface area contributed by atoms with Crippen LogP contribution in [0.1, 0.15) is 25.3 Å². The second kappa shape index (κ2) is 6.76. The predicted molar refractivity (Wildman–Crippen MR) is 95.2 cm³/mol. The molecule has 128 valence electrons. The van der Waals surface area contributed by atoms with Crippen LogP contribution in [0.4, 0.5) is 5.69 Å². The first-order valence-electron chi connectivity index (χ1n) is 8.01. The first kappa shape index (κ1) is 16.7. The Morgan fingerprint density at radius 3 is 2.40 bits per heavy atom. The van der Waals surface area contributed by atoms with Crippen molar-refractivity contribution in [2.24, 2.45) is 16.1 Å². The molecule has 0 aliphatic heterocycles. The molecule has 1 unspecified atom stereocenters. The summed E-state index contributed by atoms with van der Waals surface area (Å²) in [6.45, 7) is 3.85. The lowest BCUT2D eigenvalue weighted by Gasteiger charge is -2.17.